The molecular formula is C29H31Cl. The highest BCUT2D eigenvalue weighted by Gasteiger charge is 1.89. The highest BCUT2D eigenvalue weighted by Crippen LogP contribution is 2.10. The molecule has 0 unspecified atom stereocenters. The fraction of sp³-hybridized carbons (Fsp3) is 0.103. The van der Waals surface area contributed by atoms with Crippen LogP contribution < -0.4 is 0 Å². The quantitative estimate of drug-likeness (QED) is 0.353. The topological polar surface area (TPSA) is 0 Å². The minimum absolute atomic E-state index is 0.578. The maximum Gasteiger partial charge on any atom is 0.0407 e. The molecule has 1 heteroatoms. The second-order valence-corrected chi connectivity index (χ2v) is 6.53. The zero-order valence-corrected chi connectivity index (χ0v) is 18.5. The lowest BCUT2D eigenvalue weighted by Gasteiger charge is -1.96. The number of hydrogen-bond acceptors (Lipinski definition) is 0. The van der Waals surface area contributed by atoms with Crippen molar-refractivity contribution in [3.05, 3.63) is 132 Å². The van der Waals surface area contributed by atoms with Gasteiger partial charge >= 0.3 is 0 Å². The van der Waals surface area contributed by atoms with Crippen molar-refractivity contribution in [3.63, 3.8) is 0 Å². The minimum Gasteiger partial charge on any atom is -0.122 e. The molecule has 0 spiro atoms. The van der Waals surface area contributed by atoms with E-state index in [1.54, 1.807) is 0 Å². The van der Waals surface area contributed by atoms with Crippen LogP contribution in [0.25, 0.3) is 24.3 Å². The van der Waals surface area contributed by atoms with Crippen molar-refractivity contribution >= 4 is 35.9 Å². The van der Waals surface area contributed by atoms with Crippen molar-refractivity contribution < 1.29 is 0 Å². The summed E-state index contributed by atoms with van der Waals surface area (Å²) in [5, 5.41) is 0. The summed E-state index contributed by atoms with van der Waals surface area (Å²) >= 11 is 5.46. The van der Waals surface area contributed by atoms with Gasteiger partial charge in [-0.2, -0.15) is 0 Å². The lowest BCUT2D eigenvalue weighted by atomic mass is 10.1. The van der Waals surface area contributed by atoms with Gasteiger partial charge in [0.05, 0.1) is 0 Å². The van der Waals surface area contributed by atoms with Gasteiger partial charge in [0.2, 0.25) is 0 Å². The second kappa shape index (κ2) is 16.8. The average molecular weight is 415 g/mol. The standard InChI is InChI=1S/C10H10.C10H12.C9H9Cl/c1-3-9-7-5-6-8-10(9)4-2;1-2-3-7-10-8-5-4-6-9-10;10-8-4-7-9-5-2-1-3-6-9/h3-8H,1-2H2;3-9H,2H2,1H3;1-7H,8H2. The molecule has 0 aliphatic heterocycles. The van der Waals surface area contributed by atoms with Gasteiger partial charge in [-0.15, -0.1) is 11.6 Å². The van der Waals surface area contributed by atoms with Crippen LogP contribution in [-0.2, 0) is 0 Å². The molecule has 0 saturated carbocycles. The van der Waals surface area contributed by atoms with Crippen LogP contribution >= 0.6 is 11.6 Å². The normalized spacial score (nSPS) is 9.93. The van der Waals surface area contributed by atoms with E-state index in [1.807, 2.05) is 85.0 Å². The molecule has 154 valence electrons. The molecule has 0 nitrogen and oxygen atoms in total. The Morgan fingerprint density at radius 2 is 1.03 bits per heavy atom. The van der Waals surface area contributed by atoms with Crippen LogP contribution in [0.3, 0.4) is 0 Å². The number of allylic oxidation sites excluding steroid dienone is 2. The Bertz CT molecular complexity index is 813. The highest BCUT2D eigenvalue weighted by molar-refractivity contribution is 6.19. The van der Waals surface area contributed by atoms with E-state index in [0.717, 1.165) is 17.5 Å². The van der Waals surface area contributed by atoms with Crippen molar-refractivity contribution in [1.29, 1.82) is 0 Å². The third kappa shape index (κ3) is 11.0. The Kier molecular flexibility index (Phi) is 14.0. The molecule has 0 aromatic heterocycles. The Balaban J connectivity index is 0.000000225. The van der Waals surface area contributed by atoms with Gasteiger partial charge in [-0.05, 0) is 28.7 Å². The summed E-state index contributed by atoms with van der Waals surface area (Å²) in [5.41, 5.74) is 4.75. The van der Waals surface area contributed by atoms with E-state index in [0.29, 0.717) is 5.88 Å². The third-order valence-corrected chi connectivity index (χ3v) is 4.16. The van der Waals surface area contributed by atoms with Gasteiger partial charge in [0, 0.05) is 5.88 Å². The molecule has 0 heterocycles. The van der Waals surface area contributed by atoms with Crippen LogP contribution in [0.15, 0.2) is 110 Å². The van der Waals surface area contributed by atoms with Gasteiger partial charge in [0.25, 0.3) is 0 Å². The first-order valence-corrected chi connectivity index (χ1v) is 10.6. The molecule has 0 radical (unpaired) electrons. The predicted octanol–water partition coefficient (Wildman–Crippen LogP) is 9.02. The van der Waals surface area contributed by atoms with Crippen molar-refractivity contribution in [2.45, 2.75) is 13.3 Å². The summed E-state index contributed by atoms with van der Waals surface area (Å²) in [5.74, 6) is 0.578. The largest absolute Gasteiger partial charge is 0.122 e. The summed E-state index contributed by atoms with van der Waals surface area (Å²) in [6.07, 6.45) is 13.0. The molecular weight excluding hydrogens is 384 g/mol. The second-order valence-electron chi connectivity index (χ2n) is 6.23. The van der Waals surface area contributed by atoms with Gasteiger partial charge in [0.1, 0.15) is 0 Å². The zero-order valence-electron chi connectivity index (χ0n) is 17.8. The summed E-state index contributed by atoms with van der Waals surface area (Å²) in [7, 11) is 0. The Hall–Kier alpha value is -3.09. The molecule has 3 rings (SSSR count). The van der Waals surface area contributed by atoms with Crippen molar-refractivity contribution in [3.8, 4) is 0 Å². The van der Waals surface area contributed by atoms with E-state index in [-0.39, 0.29) is 0 Å². The van der Waals surface area contributed by atoms with E-state index in [9.17, 15) is 0 Å². The van der Waals surface area contributed by atoms with E-state index in [2.05, 4.69) is 56.5 Å². The number of halogens is 1. The molecule has 3 aromatic rings. The number of rotatable bonds is 6. The number of benzene rings is 3. The molecule has 0 fully saturated rings. The SMILES string of the molecule is C=Cc1ccccc1C=C.CCC=Cc1ccccc1.ClCC=Cc1ccccc1. The van der Waals surface area contributed by atoms with Crippen molar-refractivity contribution in [1.82, 2.24) is 0 Å². The number of hydrogen-bond donors (Lipinski definition) is 0. The van der Waals surface area contributed by atoms with E-state index >= 15 is 0 Å². The fourth-order valence-corrected chi connectivity index (χ4v) is 2.53. The Morgan fingerprint density at radius 3 is 1.40 bits per heavy atom. The monoisotopic (exact) mass is 414 g/mol. The van der Waals surface area contributed by atoms with E-state index in [1.165, 1.54) is 11.1 Å². The first kappa shape index (κ1) is 24.9. The van der Waals surface area contributed by atoms with E-state index < -0.39 is 0 Å². The Morgan fingerprint density at radius 1 is 0.633 bits per heavy atom. The summed E-state index contributed by atoms with van der Waals surface area (Å²) in [6.45, 7) is 9.52. The molecule has 0 aliphatic rings. The predicted molar refractivity (Wildman–Crippen MR) is 139 cm³/mol. The highest BCUT2D eigenvalue weighted by atomic mass is 35.5. The molecule has 3 aromatic carbocycles. The van der Waals surface area contributed by atoms with Crippen LogP contribution in [-0.4, -0.2) is 5.88 Å². The summed E-state index contributed by atoms with van der Waals surface area (Å²) in [4.78, 5) is 0. The van der Waals surface area contributed by atoms with Gasteiger partial charge in [-0.25, -0.2) is 0 Å². The fourth-order valence-electron chi connectivity index (χ4n) is 2.45. The number of alkyl halides is 1. The molecule has 0 atom stereocenters. The van der Waals surface area contributed by atoms with E-state index in [4.69, 9.17) is 11.6 Å². The first-order chi connectivity index (χ1) is 14.7. The third-order valence-electron chi connectivity index (χ3n) is 3.98. The van der Waals surface area contributed by atoms with Gasteiger partial charge in [0.15, 0.2) is 0 Å². The minimum atomic E-state index is 0.578. The molecule has 0 bridgehead atoms. The Labute approximate surface area is 187 Å². The average Bonchev–Trinajstić information content (AvgIpc) is 2.83. The zero-order chi connectivity index (χ0) is 21.9. The summed E-state index contributed by atoms with van der Waals surface area (Å²) in [6, 6.07) is 28.5. The van der Waals surface area contributed by atoms with Gasteiger partial charge < -0.3 is 0 Å². The van der Waals surface area contributed by atoms with Crippen LogP contribution in [0.5, 0.6) is 0 Å². The van der Waals surface area contributed by atoms with Gasteiger partial charge in [-0.3, -0.25) is 0 Å². The lowest BCUT2D eigenvalue weighted by molar-refractivity contribution is 1.23. The molecule has 0 amide bonds. The maximum atomic E-state index is 5.46. The van der Waals surface area contributed by atoms with Gasteiger partial charge in [-0.1, -0.05) is 141 Å². The summed E-state index contributed by atoms with van der Waals surface area (Å²) < 4.78 is 0. The smallest absolute Gasteiger partial charge is 0.0407 e. The van der Waals surface area contributed by atoms with Crippen molar-refractivity contribution in [2.75, 3.05) is 5.88 Å². The maximum absolute atomic E-state index is 5.46. The first-order valence-electron chi connectivity index (χ1n) is 10.1. The van der Waals surface area contributed by atoms with Crippen LogP contribution in [0.2, 0.25) is 0 Å². The molecule has 0 aliphatic carbocycles. The molecule has 0 N–H and O–H groups in total. The molecule has 30 heavy (non-hydrogen) atoms. The lowest BCUT2D eigenvalue weighted by Crippen LogP contribution is -1.76. The van der Waals surface area contributed by atoms with Crippen molar-refractivity contribution in [2.24, 2.45) is 0 Å². The molecule has 0 saturated heterocycles. The van der Waals surface area contributed by atoms with Crippen LogP contribution in [0.1, 0.15) is 35.6 Å². The van der Waals surface area contributed by atoms with Crippen LogP contribution in [0, 0.1) is 0 Å². The van der Waals surface area contributed by atoms with Crippen LogP contribution in [0.4, 0.5) is 0 Å².